The highest BCUT2D eigenvalue weighted by atomic mass is 16.3. The van der Waals surface area contributed by atoms with E-state index in [1.54, 1.807) is 30.6 Å². The van der Waals surface area contributed by atoms with Gasteiger partial charge in [0.1, 0.15) is 5.76 Å². The maximum Gasteiger partial charge on any atom is 0.295 e. The fourth-order valence-corrected chi connectivity index (χ4v) is 3.70. The normalized spacial score (nSPS) is 17.7. The number of anilines is 1. The molecule has 0 spiro atoms. The van der Waals surface area contributed by atoms with E-state index in [4.69, 9.17) is 0 Å². The summed E-state index contributed by atoms with van der Waals surface area (Å²) in [5.74, 6) is -1.57. The van der Waals surface area contributed by atoms with E-state index in [9.17, 15) is 14.7 Å². The monoisotopic (exact) mass is 414 g/mol. The molecule has 0 bridgehead atoms. The lowest BCUT2D eigenvalue weighted by Crippen LogP contribution is -2.29. The van der Waals surface area contributed by atoms with Crippen LogP contribution in [0, 0.1) is 0 Å². The van der Waals surface area contributed by atoms with Gasteiger partial charge in [0.25, 0.3) is 11.7 Å². The third kappa shape index (κ3) is 3.90. The first-order valence-corrected chi connectivity index (χ1v) is 9.82. The zero-order valence-corrected chi connectivity index (χ0v) is 17.3. The van der Waals surface area contributed by atoms with Crippen molar-refractivity contribution in [2.24, 2.45) is 0 Å². The highest BCUT2D eigenvalue weighted by Gasteiger charge is 2.46. The SMILES string of the molecule is CN(C)c1ccc(C2/C(=C(/O)c3ccncc3)C(=O)C(=O)N2Cc2cccnc2)cc1. The average molecular weight is 414 g/mol. The number of benzene rings is 1. The summed E-state index contributed by atoms with van der Waals surface area (Å²) in [7, 11) is 3.87. The van der Waals surface area contributed by atoms with Crippen LogP contribution in [0.5, 0.6) is 0 Å². The molecule has 1 unspecified atom stereocenters. The van der Waals surface area contributed by atoms with Crippen molar-refractivity contribution in [3.63, 3.8) is 0 Å². The molecule has 1 saturated heterocycles. The molecule has 1 aliphatic heterocycles. The third-order valence-corrected chi connectivity index (χ3v) is 5.29. The van der Waals surface area contributed by atoms with Gasteiger partial charge in [0.2, 0.25) is 0 Å². The lowest BCUT2D eigenvalue weighted by molar-refractivity contribution is -0.140. The molecule has 1 amide bonds. The van der Waals surface area contributed by atoms with Crippen LogP contribution in [0.3, 0.4) is 0 Å². The van der Waals surface area contributed by atoms with Gasteiger partial charge in [-0.15, -0.1) is 0 Å². The van der Waals surface area contributed by atoms with Crippen LogP contribution in [-0.4, -0.2) is 45.8 Å². The number of hydrogen-bond acceptors (Lipinski definition) is 6. The summed E-state index contributed by atoms with van der Waals surface area (Å²) in [6.07, 6.45) is 6.37. The van der Waals surface area contributed by atoms with Gasteiger partial charge in [0.15, 0.2) is 0 Å². The van der Waals surface area contributed by atoms with Crippen molar-refractivity contribution < 1.29 is 14.7 Å². The number of nitrogens with zero attached hydrogens (tertiary/aromatic N) is 4. The van der Waals surface area contributed by atoms with Crippen LogP contribution in [0.4, 0.5) is 5.69 Å². The first-order chi connectivity index (χ1) is 15.0. The lowest BCUT2D eigenvalue weighted by atomic mass is 9.95. The zero-order valence-electron chi connectivity index (χ0n) is 17.3. The van der Waals surface area contributed by atoms with Crippen LogP contribution >= 0.6 is 0 Å². The number of aliphatic hydroxyl groups is 1. The fraction of sp³-hybridized carbons (Fsp3) is 0.167. The first kappa shape index (κ1) is 20.3. The van der Waals surface area contributed by atoms with E-state index in [2.05, 4.69) is 9.97 Å². The molecule has 1 atom stereocenters. The Morgan fingerprint density at radius 1 is 1.00 bits per heavy atom. The molecule has 7 heteroatoms. The quantitative estimate of drug-likeness (QED) is 0.392. The fourth-order valence-electron chi connectivity index (χ4n) is 3.70. The minimum Gasteiger partial charge on any atom is -0.507 e. The number of carbonyl (C=O) groups is 2. The van der Waals surface area contributed by atoms with Crippen molar-refractivity contribution in [1.29, 1.82) is 0 Å². The number of amides is 1. The standard InChI is InChI=1S/C24H22N4O3/c1-27(2)19-7-5-17(6-8-19)21-20(22(29)18-9-12-25-13-10-18)23(30)24(31)28(21)15-16-4-3-11-26-14-16/h3-14,21,29H,15H2,1-2H3/b22-20-. The number of hydrogen-bond donors (Lipinski definition) is 1. The van der Waals surface area contributed by atoms with Gasteiger partial charge in [-0.3, -0.25) is 19.6 Å². The van der Waals surface area contributed by atoms with Crippen LogP contribution in [0.1, 0.15) is 22.7 Å². The van der Waals surface area contributed by atoms with Crippen molar-refractivity contribution in [3.05, 3.63) is 95.6 Å². The second-order valence-electron chi connectivity index (χ2n) is 7.51. The molecule has 3 aromatic rings. The highest BCUT2D eigenvalue weighted by molar-refractivity contribution is 6.46. The van der Waals surface area contributed by atoms with E-state index in [1.807, 2.05) is 49.3 Å². The maximum absolute atomic E-state index is 13.0. The molecule has 0 saturated carbocycles. The third-order valence-electron chi connectivity index (χ3n) is 5.29. The average Bonchev–Trinajstić information content (AvgIpc) is 3.05. The summed E-state index contributed by atoms with van der Waals surface area (Å²) in [4.78, 5) is 37.5. The molecule has 1 fully saturated rings. The van der Waals surface area contributed by atoms with Crippen molar-refractivity contribution in [3.8, 4) is 0 Å². The van der Waals surface area contributed by atoms with Crippen molar-refractivity contribution in [2.75, 3.05) is 19.0 Å². The predicted octanol–water partition coefficient (Wildman–Crippen LogP) is 3.16. The Bertz CT molecular complexity index is 1130. The van der Waals surface area contributed by atoms with Gasteiger partial charge in [0.05, 0.1) is 11.6 Å². The Hall–Kier alpha value is -4.00. The van der Waals surface area contributed by atoms with Crippen LogP contribution in [0.2, 0.25) is 0 Å². The number of Topliss-reactive ketones (excluding diaryl/α,β-unsaturated/α-hetero) is 1. The number of aromatic nitrogens is 2. The minimum absolute atomic E-state index is 0.0673. The maximum atomic E-state index is 13.0. The molecule has 1 aliphatic rings. The van der Waals surface area contributed by atoms with Gasteiger partial charge >= 0.3 is 0 Å². The predicted molar refractivity (Wildman–Crippen MR) is 117 cm³/mol. The smallest absolute Gasteiger partial charge is 0.295 e. The molecule has 2 aromatic heterocycles. The Morgan fingerprint density at radius 3 is 2.32 bits per heavy atom. The van der Waals surface area contributed by atoms with Gasteiger partial charge < -0.3 is 14.9 Å². The minimum atomic E-state index is -0.718. The first-order valence-electron chi connectivity index (χ1n) is 9.82. The van der Waals surface area contributed by atoms with E-state index < -0.39 is 17.7 Å². The van der Waals surface area contributed by atoms with Crippen LogP contribution in [-0.2, 0) is 16.1 Å². The summed E-state index contributed by atoms with van der Waals surface area (Å²) in [5, 5.41) is 11.0. The number of aliphatic hydroxyl groups excluding tert-OH is 1. The Balaban J connectivity index is 1.84. The number of pyridine rings is 2. The van der Waals surface area contributed by atoms with Crippen molar-refractivity contribution in [2.45, 2.75) is 12.6 Å². The second kappa shape index (κ2) is 8.39. The molecule has 156 valence electrons. The molecule has 31 heavy (non-hydrogen) atoms. The number of likely N-dealkylation sites (tertiary alicyclic amines) is 1. The summed E-state index contributed by atoms with van der Waals surface area (Å²) in [6.45, 7) is 0.200. The molecule has 1 N–H and O–H groups in total. The van der Waals surface area contributed by atoms with Gasteiger partial charge in [-0.1, -0.05) is 18.2 Å². The van der Waals surface area contributed by atoms with Gasteiger partial charge in [0, 0.05) is 56.7 Å². The zero-order chi connectivity index (χ0) is 22.0. The van der Waals surface area contributed by atoms with Crippen LogP contribution in [0.15, 0.2) is 78.9 Å². The van der Waals surface area contributed by atoms with Gasteiger partial charge in [-0.05, 0) is 41.5 Å². The molecular formula is C24H22N4O3. The second-order valence-corrected chi connectivity index (χ2v) is 7.51. The molecule has 0 aliphatic carbocycles. The highest BCUT2D eigenvalue weighted by Crippen LogP contribution is 2.40. The number of ketones is 1. The van der Waals surface area contributed by atoms with E-state index >= 15 is 0 Å². The largest absolute Gasteiger partial charge is 0.507 e. The molecule has 1 aromatic carbocycles. The van der Waals surface area contributed by atoms with Gasteiger partial charge in [-0.25, -0.2) is 0 Å². The molecular weight excluding hydrogens is 392 g/mol. The van der Waals surface area contributed by atoms with Crippen LogP contribution in [0.25, 0.3) is 5.76 Å². The lowest BCUT2D eigenvalue weighted by Gasteiger charge is -2.26. The number of carbonyl (C=O) groups excluding carboxylic acids is 2. The Labute approximate surface area is 180 Å². The van der Waals surface area contributed by atoms with Crippen LogP contribution < -0.4 is 4.90 Å². The topological polar surface area (TPSA) is 86.6 Å². The summed E-state index contributed by atoms with van der Waals surface area (Å²) in [5.41, 5.74) is 3.02. The Kier molecular flexibility index (Phi) is 5.49. The van der Waals surface area contributed by atoms with Gasteiger partial charge in [-0.2, -0.15) is 0 Å². The van der Waals surface area contributed by atoms with E-state index in [0.717, 1.165) is 16.8 Å². The van der Waals surface area contributed by atoms with E-state index in [0.29, 0.717) is 5.56 Å². The number of rotatable bonds is 5. The van der Waals surface area contributed by atoms with E-state index in [1.165, 1.54) is 17.3 Å². The summed E-state index contributed by atoms with van der Waals surface area (Å²) < 4.78 is 0. The van der Waals surface area contributed by atoms with Crippen molar-refractivity contribution >= 4 is 23.1 Å². The Morgan fingerprint density at radius 2 is 1.71 bits per heavy atom. The molecule has 0 radical (unpaired) electrons. The molecule has 3 heterocycles. The van der Waals surface area contributed by atoms with Crippen molar-refractivity contribution in [1.82, 2.24) is 14.9 Å². The summed E-state index contributed by atoms with van der Waals surface area (Å²) >= 11 is 0. The molecule has 4 rings (SSSR count). The summed E-state index contributed by atoms with van der Waals surface area (Å²) in [6, 6.07) is 13.7. The van der Waals surface area contributed by atoms with E-state index in [-0.39, 0.29) is 17.9 Å². The molecule has 7 nitrogen and oxygen atoms in total.